The molecular weight excluding hydrogens is 366 g/mol. The zero-order chi connectivity index (χ0) is 19.4. The highest BCUT2D eigenvalue weighted by Crippen LogP contribution is 2.30. The predicted molar refractivity (Wildman–Crippen MR) is 102 cm³/mol. The Morgan fingerprint density at radius 1 is 0.963 bits per heavy atom. The van der Waals surface area contributed by atoms with Crippen molar-refractivity contribution in [1.82, 2.24) is 4.90 Å². The molecule has 0 fully saturated rings. The number of hydrogen-bond acceptors (Lipinski definition) is 4. The molecule has 0 spiro atoms. The van der Waals surface area contributed by atoms with Gasteiger partial charge < -0.3 is 14.1 Å². The highest BCUT2D eigenvalue weighted by Gasteiger charge is 2.28. The van der Waals surface area contributed by atoms with E-state index in [2.05, 4.69) is 0 Å². The molecular formula is C21H18ClNO4. The predicted octanol–water partition coefficient (Wildman–Crippen LogP) is 4.59. The molecule has 0 aliphatic rings. The van der Waals surface area contributed by atoms with E-state index in [1.165, 1.54) is 11.0 Å². The van der Waals surface area contributed by atoms with Crippen LogP contribution in [0.25, 0.3) is 11.3 Å². The molecule has 1 atom stereocenters. The minimum absolute atomic E-state index is 0.00240. The maximum atomic E-state index is 12.6. The van der Waals surface area contributed by atoms with Crippen molar-refractivity contribution < 1.29 is 18.7 Å². The van der Waals surface area contributed by atoms with Crippen molar-refractivity contribution in [2.45, 2.75) is 6.10 Å². The van der Waals surface area contributed by atoms with E-state index >= 15 is 0 Å². The Morgan fingerprint density at radius 3 is 2.30 bits per heavy atom. The Morgan fingerprint density at radius 2 is 1.63 bits per heavy atom. The highest BCUT2D eigenvalue weighted by atomic mass is 35.5. The number of likely N-dealkylation sites (N-methyl/N-ethyl adjacent to an activating group) is 1. The molecule has 6 heteroatoms. The van der Waals surface area contributed by atoms with Gasteiger partial charge in [0.15, 0.2) is 0 Å². The van der Waals surface area contributed by atoms with Crippen molar-refractivity contribution >= 4 is 23.5 Å². The number of hydrogen-bond donors (Lipinski definition) is 0. The van der Waals surface area contributed by atoms with Crippen LogP contribution in [0.5, 0.6) is 0 Å². The topological polar surface area (TPSA) is 59.8 Å². The van der Waals surface area contributed by atoms with Gasteiger partial charge in [0.2, 0.25) is 11.9 Å². The summed E-state index contributed by atoms with van der Waals surface area (Å²) in [5.74, 6) is -0.620. The molecule has 0 saturated heterocycles. The average Bonchev–Trinajstić information content (AvgIpc) is 3.16. The summed E-state index contributed by atoms with van der Waals surface area (Å²) >= 11 is 6.16. The quantitative estimate of drug-likeness (QED) is 0.605. The third-order valence-electron chi connectivity index (χ3n) is 3.94. The van der Waals surface area contributed by atoms with Gasteiger partial charge in [0.1, 0.15) is 5.76 Å². The maximum absolute atomic E-state index is 12.6. The first-order valence-electron chi connectivity index (χ1n) is 8.29. The Balaban J connectivity index is 1.84. The molecule has 138 valence electrons. The molecule has 27 heavy (non-hydrogen) atoms. The van der Waals surface area contributed by atoms with Crippen molar-refractivity contribution in [2.24, 2.45) is 0 Å². The minimum Gasteiger partial charge on any atom is -0.449 e. The average molecular weight is 384 g/mol. The molecule has 1 amide bonds. The fraction of sp³-hybridized carbons (Fsp3) is 0.143. The number of halogens is 1. The first-order chi connectivity index (χ1) is 13.0. The van der Waals surface area contributed by atoms with Crippen LogP contribution in [-0.4, -0.2) is 30.9 Å². The number of rotatable bonds is 5. The number of esters is 1. The van der Waals surface area contributed by atoms with Crippen molar-refractivity contribution in [3.05, 3.63) is 83.1 Å². The van der Waals surface area contributed by atoms with Crippen LogP contribution in [0.2, 0.25) is 5.02 Å². The van der Waals surface area contributed by atoms with Crippen LogP contribution in [0.1, 0.15) is 22.2 Å². The molecule has 1 heterocycles. The molecule has 0 N–H and O–H groups in total. The van der Waals surface area contributed by atoms with Crippen molar-refractivity contribution in [2.75, 3.05) is 14.1 Å². The number of ether oxygens (including phenoxy) is 1. The van der Waals surface area contributed by atoms with Gasteiger partial charge in [-0.2, -0.15) is 0 Å². The van der Waals surface area contributed by atoms with Crippen molar-refractivity contribution in [3.63, 3.8) is 0 Å². The van der Waals surface area contributed by atoms with Crippen molar-refractivity contribution in [3.8, 4) is 11.3 Å². The second-order valence-electron chi connectivity index (χ2n) is 6.07. The molecule has 0 bridgehead atoms. The fourth-order valence-electron chi connectivity index (χ4n) is 2.54. The molecule has 3 aromatic rings. The third kappa shape index (κ3) is 4.20. The minimum atomic E-state index is -1.05. The van der Waals surface area contributed by atoms with Crippen molar-refractivity contribution in [1.29, 1.82) is 0 Å². The standard InChI is InChI=1S/C21H18ClNO4/c1-23(2)20(24)19(14-8-4-3-5-9-14)27-21(25)18-13-12-17(26-18)15-10-6-7-11-16(15)22/h3-13,19H,1-2H3/t19-/m0/s1. The Bertz CT molecular complexity index is 950. The third-order valence-corrected chi connectivity index (χ3v) is 4.27. The summed E-state index contributed by atoms with van der Waals surface area (Å²) in [4.78, 5) is 26.4. The van der Waals surface area contributed by atoms with Crippen LogP contribution in [0.3, 0.4) is 0 Å². The molecule has 3 rings (SSSR count). The van der Waals surface area contributed by atoms with E-state index in [4.69, 9.17) is 20.8 Å². The lowest BCUT2D eigenvalue weighted by Crippen LogP contribution is -2.31. The second-order valence-corrected chi connectivity index (χ2v) is 6.48. The summed E-state index contributed by atoms with van der Waals surface area (Å²) in [6.07, 6.45) is -1.05. The number of amides is 1. The van der Waals surface area contributed by atoms with E-state index < -0.39 is 12.1 Å². The van der Waals surface area contributed by atoms with Gasteiger partial charge in [-0.15, -0.1) is 0 Å². The van der Waals surface area contributed by atoms with Crippen LogP contribution in [0.15, 0.2) is 71.1 Å². The van der Waals surface area contributed by atoms with Gasteiger partial charge in [-0.3, -0.25) is 4.79 Å². The molecule has 5 nitrogen and oxygen atoms in total. The number of furan rings is 1. The molecule has 0 unspecified atom stereocenters. The lowest BCUT2D eigenvalue weighted by Gasteiger charge is -2.20. The highest BCUT2D eigenvalue weighted by molar-refractivity contribution is 6.33. The van der Waals surface area contributed by atoms with Gasteiger partial charge in [0.25, 0.3) is 5.91 Å². The first-order valence-corrected chi connectivity index (χ1v) is 8.67. The van der Waals surface area contributed by atoms with E-state index in [9.17, 15) is 9.59 Å². The van der Waals surface area contributed by atoms with Gasteiger partial charge in [-0.1, -0.05) is 54.1 Å². The van der Waals surface area contributed by atoms with E-state index in [1.807, 2.05) is 12.1 Å². The lowest BCUT2D eigenvalue weighted by molar-refractivity contribution is -0.138. The summed E-state index contributed by atoms with van der Waals surface area (Å²) in [7, 11) is 3.21. The molecule has 2 aromatic carbocycles. The summed E-state index contributed by atoms with van der Waals surface area (Å²) < 4.78 is 11.1. The zero-order valence-corrected chi connectivity index (χ0v) is 15.6. The monoisotopic (exact) mass is 383 g/mol. The molecule has 1 aromatic heterocycles. The van der Waals surface area contributed by atoms with Crippen LogP contribution < -0.4 is 0 Å². The van der Waals surface area contributed by atoms with E-state index in [-0.39, 0.29) is 11.7 Å². The number of carbonyl (C=O) groups excluding carboxylic acids is 2. The van der Waals surface area contributed by atoms with Crippen LogP contribution in [-0.2, 0) is 9.53 Å². The second kappa shape index (κ2) is 8.10. The summed E-state index contributed by atoms with van der Waals surface area (Å²) in [5, 5.41) is 0.511. The normalized spacial score (nSPS) is 11.7. The van der Waals surface area contributed by atoms with E-state index in [0.29, 0.717) is 21.9 Å². The van der Waals surface area contributed by atoms with Gasteiger partial charge in [-0.05, 0) is 24.3 Å². The Kier molecular flexibility index (Phi) is 5.62. The van der Waals surface area contributed by atoms with E-state index in [0.717, 1.165) is 0 Å². The SMILES string of the molecule is CN(C)C(=O)[C@@H](OC(=O)c1ccc(-c2ccccc2Cl)o1)c1ccccc1. The summed E-state index contributed by atoms with van der Waals surface area (Å²) in [5.41, 5.74) is 1.25. The van der Waals surface area contributed by atoms with Gasteiger partial charge in [0, 0.05) is 25.2 Å². The van der Waals surface area contributed by atoms with Gasteiger partial charge in [0.05, 0.1) is 5.02 Å². The smallest absolute Gasteiger partial charge is 0.375 e. The maximum Gasteiger partial charge on any atom is 0.375 e. The Labute approximate surface area is 162 Å². The molecule has 0 radical (unpaired) electrons. The summed E-state index contributed by atoms with van der Waals surface area (Å²) in [6, 6.07) is 19.1. The largest absolute Gasteiger partial charge is 0.449 e. The zero-order valence-electron chi connectivity index (χ0n) is 14.9. The van der Waals surface area contributed by atoms with Crippen LogP contribution in [0.4, 0.5) is 0 Å². The molecule has 0 aliphatic carbocycles. The Hall–Kier alpha value is -3.05. The molecule has 0 aliphatic heterocycles. The number of benzene rings is 2. The number of nitrogens with zero attached hydrogens (tertiary/aromatic N) is 1. The fourth-order valence-corrected chi connectivity index (χ4v) is 2.77. The van der Waals surface area contributed by atoms with Gasteiger partial charge in [-0.25, -0.2) is 4.79 Å². The first kappa shape index (κ1) is 18.7. The molecule has 0 saturated carbocycles. The van der Waals surface area contributed by atoms with Gasteiger partial charge >= 0.3 is 5.97 Å². The summed E-state index contributed by atoms with van der Waals surface area (Å²) in [6.45, 7) is 0. The lowest BCUT2D eigenvalue weighted by atomic mass is 10.1. The van der Waals surface area contributed by atoms with Crippen LogP contribution in [0, 0.1) is 0 Å². The van der Waals surface area contributed by atoms with Crippen LogP contribution >= 0.6 is 11.6 Å². The number of carbonyl (C=O) groups is 2. The van der Waals surface area contributed by atoms with E-state index in [1.54, 1.807) is 62.6 Å².